The van der Waals surface area contributed by atoms with Crippen molar-refractivity contribution in [2.24, 2.45) is 5.14 Å². The van der Waals surface area contributed by atoms with Crippen molar-refractivity contribution in [3.63, 3.8) is 0 Å². The predicted octanol–water partition coefficient (Wildman–Crippen LogP) is 1.22. The summed E-state index contributed by atoms with van der Waals surface area (Å²) in [5.74, 6) is -0.0119. The van der Waals surface area contributed by atoms with Gasteiger partial charge in [0.05, 0.1) is 10.6 Å². The molecule has 10 heteroatoms. The van der Waals surface area contributed by atoms with Crippen molar-refractivity contribution in [2.75, 3.05) is 11.1 Å². The molecule has 0 saturated carbocycles. The van der Waals surface area contributed by atoms with E-state index in [1.165, 1.54) is 47.4 Å². The molecule has 0 aliphatic carbocycles. The average molecular weight is 344 g/mol. The Kier molecular flexibility index (Phi) is 4.93. The number of aromatic nitrogens is 2. The first-order valence-corrected chi connectivity index (χ1v) is 9.05. The fourth-order valence-corrected chi connectivity index (χ4v) is 3.52. The van der Waals surface area contributed by atoms with Gasteiger partial charge in [-0.2, -0.15) is 0 Å². The summed E-state index contributed by atoms with van der Waals surface area (Å²) in [4.78, 5) is 11.8. The van der Waals surface area contributed by atoms with Crippen molar-refractivity contribution in [1.82, 2.24) is 10.2 Å². The van der Waals surface area contributed by atoms with Crippen LogP contribution in [0.25, 0.3) is 0 Å². The van der Waals surface area contributed by atoms with Crippen LogP contribution in [-0.4, -0.2) is 30.3 Å². The number of benzene rings is 1. The molecular formula is C11H12N4O3S3. The van der Waals surface area contributed by atoms with Gasteiger partial charge in [0.1, 0.15) is 5.01 Å². The highest BCUT2D eigenvalue weighted by Gasteiger charge is 2.09. The normalized spacial score (nSPS) is 11.3. The molecule has 2 aromatic rings. The van der Waals surface area contributed by atoms with E-state index in [9.17, 15) is 13.2 Å². The van der Waals surface area contributed by atoms with Crippen LogP contribution in [0.3, 0.4) is 0 Å². The number of aryl methyl sites for hydroxylation is 1. The fourth-order valence-electron chi connectivity index (χ4n) is 1.39. The van der Waals surface area contributed by atoms with Crippen molar-refractivity contribution >= 4 is 44.7 Å². The van der Waals surface area contributed by atoms with Crippen LogP contribution in [0, 0.1) is 6.92 Å². The molecule has 1 amide bonds. The van der Waals surface area contributed by atoms with Crippen LogP contribution < -0.4 is 10.5 Å². The number of anilines is 1. The maximum atomic E-state index is 11.8. The molecule has 21 heavy (non-hydrogen) atoms. The van der Waals surface area contributed by atoms with Gasteiger partial charge in [-0.25, -0.2) is 13.6 Å². The van der Waals surface area contributed by atoms with E-state index in [0.29, 0.717) is 5.69 Å². The molecule has 0 aliphatic heterocycles. The predicted molar refractivity (Wildman–Crippen MR) is 81.8 cm³/mol. The lowest BCUT2D eigenvalue weighted by atomic mass is 10.3. The van der Waals surface area contributed by atoms with Gasteiger partial charge in [0.2, 0.25) is 15.9 Å². The van der Waals surface area contributed by atoms with Gasteiger partial charge in [-0.05, 0) is 31.2 Å². The summed E-state index contributed by atoms with van der Waals surface area (Å²) in [5.41, 5.74) is 0.501. The number of sulfonamides is 1. The average Bonchev–Trinajstić information content (AvgIpc) is 2.82. The first kappa shape index (κ1) is 15.9. The molecule has 112 valence electrons. The molecule has 2 rings (SSSR count). The van der Waals surface area contributed by atoms with Crippen molar-refractivity contribution in [3.05, 3.63) is 29.3 Å². The fraction of sp³-hybridized carbons (Fsp3) is 0.182. The Labute approximate surface area is 130 Å². The number of nitrogens with two attached hydrogens (primary N) is 1. The summed E-state index contributed by atoms with van der Waals surface area (Å²) in [6.45, 7) is 1.84. The maximum absolute atomic E-state index is 11.8. The Morgan fingerprint density at radius 2 is 2.00 bits per heavy atom. The number of nitrogens with one attached hydrogen (secondary N) is 1. The van der Waals surface area contributed by atoms with E-state index < -0.39 is 10.0 Å². The number of hydrogen-bond donors (Lipinski definition) is 2. The number of rotatable bonds is 5. The SMILES string of the molecule is Cc1nnc(SCC(=O)Nc2ccc(S(N)(=O)=O)cc2)s1. The Balaban J connectivity index is 1.90. The summed E-state index contributed by atoms with van der Waals surface area (Å²) < 4.78 is 22.9. The molecule has 0 fully saturated rings. The molecule has 3 N–H and O–H groups in total. The Morgan fingerprint density at radius 1 is 1.33 bits per heavy atom. The lowest BCUT2D eigenvalue weighted by Crippen LogP contribution is -2.15. The molecule has 7 nitrogen and oxygen atoms in total. The van der Waals surface area contributed by atoms with E-state index in [0.717, 1.165) is 9.35 Å². The topological polar surface area (TPSA) is 115 Å². The van der Waals surface area contributed by atoms with Gasteiger partial charge in [0.15, 0.2) is 4.34 Å². The number of primary sulfonamides is 1. The molecule has 1 aromatic carbocycles. The standard InChI is InChI=1S/C11H12N4O3S3/c1-7-14-15-11(20-7)19-6-10(16)13-8-2-4-9(5-3-8)21(12,17)18/h2-5H,6H2,1H3,(H,13,16)(H2,12,17,18). The van der Waals surface area contributed by atoms with E-state index >= 15 is 0 Å². The van der Waals surface area contributed by atoms with Crippen LogP contribution in [0.5, 0.6) is 0 Å². The Bertz CT molecular complexity index is 740. The first-order valence-electron chi connectivity index (χ1n) is 5.70. The van der Waals surface area contributed by atoms with Gasteiger partial charge in [-0.1, -0.05) is 23.1 Å². The second-order valence-corrected chi connectivity index (χ2v) is 7.96. The largest absolute Gasteiger partial charge is 0.325 e. The van der Waals surface area contributed by atoms with Gasteiger partial charge in [-0.15, -0.1) is 10.2 Å². The summed E-state index contributed by atoms with van der Waals surface area (Å²) >= 11 is 2.71. The molecular weight excluding hydrogens is 332 g/mol. The number of amides is 1. The lowest BCUT2D eigenvalue weighted by molar-refractivity contribution is -0.113. The van der Waals surface area contributed by atoms with E-state index in [-0.39, 0.29) is 16.6 Å². The zero-order valence-corrected chi connectivity index (χ0v) is 13.4. The van der Waals surface area contributed by atoms with Crippen LogP contribution in [0.2, 0.25) is 0 Å². The van der Waals surface area contributed by atoms with Gasteiger partial charge in [-0.3, -0.25) is 4.79 Å². The molecule has 0 bridgehead atoms. The van der Waals surface area contributed by atoms with Gasteiger partial charge >= 0.3 is 0 Å². The highest BCUT2D eigenvalue weighted by atomic mass is 32.2. The van der Waals surface area contributed by atoms with Gasteiger partial charge < -0.3 is 5.32 Å². The zero-order valence-electron chi connectivity index (χ0n) is 10.9. The number of carbonyl (C=O) groups is 1. The van der Waals surface area contributed by atoms with E-state index in [1.54, 1.807) is 0 Å². The van der Waals surface area contributed by atoms with E-state index in [2.05, 4.69) is 15.5 Å². The summed E-state index contributed by atoms with van der Waals surface area (Å²) in [6, 6.07) is 5.65. The Hall–Kier alpha value is -1.49. The van der Waals surface area contributed by atoms with Crippen molar-refractivity contribution in [1.29, 1.82) is 0 Å². The molecule has 0 saturated heterocycles. The molecule has 0 spiro atoms. The van der Waals surface area contributed by atoms with Crippen molar-refractivity contribution in [2.45, 2.75) is 16.2 Å². The minimum atomic E-state index is -3.72. The maximum Gasteiger partial charge on any atom is 0.238 e. The second-order valence-electron chi connectivity index (χ2n) is 3.99. The molecule has 0 atom stereocenters. The third-order valence-electron chi connectivity index (χ3n) is 2.30. The minimum Gasteiger partial charge on any atom is -0.325 e. The highest BCUT2D eigenvalue weighted by Crippen LogP contribution is 2.22. The number of hydrogen-bond acceptors (Lipinski definition) is 7. The van der Waals surface area contributed by atoms with Crippen molar-refractivity contribution in [3.8, 4) is 0 Å². The number of thioether (sulfide) groups is 1. The highest BCUT2D eigenvalue weighted by molar-refractivity contribution is 8.01. The number of carbonyl (C=O) groups excluding carboxylic acids is 1. The summed E-state index contributed by atoms with van der Waals surface area (Å²) in [6.07, 6.45) is 0. The van der Waals surface area contributed by atoms with E-state index in [4.69, 9.17) is 5.14 Å². The van der Waals surface area contributed by atoms with Crippen LogP contribution >= 0.6 is 23.1 Å². The van der Waals surface area contributed by atoms with Crippen LogP contribution in [0.4, 0.5) is 5.69 Å². The van der Waals surface area contributed by atoms with Gasteiger partial charge in [0.25, 0.3) is 0 Å². The molecule has 0 unspecified atom stereocenters. The zero-order chi connectivity index (χ0) is 15.5. The monoisotopic (exact) mass is 344 g/mol. The molecule has 0 aliphatic rings. The number of nitrogens with zero attached hydrogens (tertiary/aromatic N) is 2. The lowest BCUT2D eigenvalue weighted by Gasteiger charge is -2.05. The second kappa shape index (κ2) is 6.52. The van der Waals surface area contributed by atoms with Crippen molar-refractivity contribution < 1.29 is 13.2 Å². The van der Waals surface area contributed by atoms with Crippen LogP contribution in [0.1, 0.15) is 5.01 Å². The van der Waals surface area contributed by atoms with Crippen LogP contribution in [0.15, 0.2) is 33.5 Å². The summed E-state index contributed by atoms with van der Waals surface area (Å²) in [5, 5.41) is 16.3. The third-order valence-corrected chi connectivity index (χ3v) is 5.20. The summed E-state index contributed by atoms with van der Waals surface area (Å²) in [7, 11) is -3.72. The first-order chi connectivity index (χ1) is 9.84. The molecule has 0 radical (unpaired) electrons. The minimum absolute atomic E-state index is 0.000732. The van der Waals surface area contributed by atoms with E-state index in [1.807, 2.05) is 6.92 Å². The smallest absolute Gasteiger partial charge is 0.238 e. The van der Waals surface area contributed by atoms with Gasteiger partial charge in [0, 0.05) is 5.69 Å². The Morgan fingerprint density at radius 3 is 2.52 bits per heavy atom. The van der Waals surface area contributed by atoms with Crippen LogP contribution in [-0.2, 0) is 14.8 Å². The molecule has 1 heterocycles. The molecule has 1 aromatic heterocycles. The quantitative estimate of drug-likeness (QED) is 0.788. The third kappa shape index (κ3) is 4.77.